The van der Waals surface area contributed by atoms with Crippen LogP contribution in [0.1, 0.15) is 49.5 Å². The standard InChI is InChI=1S/C17H22N4O3S/c1-3-9-19-16-20-13(10-25-16)15(23)24-12(2)14(22)21-17(11-18)7-5-4-6-8-17/h3,10,12H,1,4-9H2,2H3,(H,19,20)(H,21,22)/t12-/m1/s1. The maximum Gasteiger partial charge on any atom is 0.358 e. The Bertz CT molecular complexity index is 674. The van der Waals surface area contributed by atoms with E-state index in [1.54, 1.807) is 11.5 Å². The van der Waals surface area contributed by atoms with Crippen molar-refractivity contribution in [1.82, 2.24) is 10.3 Å². The van der Waals surface area contributed by atoms with Crippen molar-refractivity contribution < 1.29 is 14.3 Å². The maximum absolute atomic E-state index is 12.3. The van der Waals surface area contributed by atoms with E-state index in [0.717, 1.165) is 19.3 Å². The number of rotatable bonds is 7. The number of ether oxygens (including phenoxy) is 1. The number of esters is 1. The van der Waals surface area contributed by atoms with E-state index >= 15 is 0 Å². The minimum absolute atomic E-state index is 0.142. The number of nitrogens with one attached hydrogen (secondary N) is 2. The summed E-state index contributed by atoms with van der Waals surface area (Å²) in [5.41, 5.74) is -0.706. The molecule has 0 radical (unpaired) electrons. The molecule has 2 rings (SSSR count). The molecule has 0 aromatic carbocycles. The lowest BCUT2D eigenvalue weighted by Gasteiger charge is -2.32. The summed E-state index contributed by atoms with van der Waals surface area (Å²) < 4.78 is 5.18. The first-order valence-electron chi connectivity index (χ1n) is 8.24. The van der Waals surface area contributed by atoms with E-state index in [4.69, 9.17) is 4.74 Å². The van der Waals surface area contributed by atoms with Gasteiger partial charge in [-0.25, -0.2) is 9.78 Å². The molecule has 0 aliphatic heterocycles. The molecule has 1 atom stereocenters. The predicted octanol–water partition coefficient (Wildman–Crippen LogP) is 2.63. The van der Waals surface area contributed by atoms with Crippen LogP contribution in [0.3, 0.4) is 0 Å². The van der Waals surface area contributed by atoms with Gasteiger partial charge in [0.05, 0.1) is 6.07 Å². The van der Waals surface area contributed by atoms with E-state index < -0.39 is 23.5 Å². The first kappa shape index (κ1) is 18.9. The second kappa shape index (κ2) is 8.62. The van der Waals surface area contributed by atoms with Crippen molar-refractivity contribution in [1.29, 1.82) is 5.26 Å². The summed E-state index contributed by atoms with van der Waals surface area (Å²) in [6.07, 6.45) is 4.81. The number of amides is 1. The van der Waals surface area contributed by atoms with E-state index in [9.17, 15) is 14.9 Å². The van der Waals surface area contributed by atoms with Crippen LogP contribution in [0.5, 0.6) is 0 Å². The Morgan fingerprint density at radius 3 is 2.88 bits per heavy atom. The number of carbonyl (C=O) groups excluding carboxylic acids is 2. The number of thiazole rings is 1. The first-order valence-corrected chi connectivity index (χ1v) is 9.12. The van der Waals surface area contributed by atoms with Gasteiger partial charge in [-0.15, -0.1) is 17.9 Å². The van der Waals surface area contributed by atoms with E-state index in [0.29, 0.717) is 24.5 Å². The SMILES string of the molecule is C=CCNc1nc(C(=O)O[C@H](C)C(=O)NC2(C#N)CCCCC2)cs1. The minimum atomic E-state index is -0.995. The van der Waals surface area contributed by atoms with Crippen LogP contribution in [0.25, 0.3) is 0 Å². The van der Waals surface area contributed by atoms with Crippen LogP contribution in [0.4, 0.5) is 5.13 Å². The molecule has 1 heterocycles. The Balaban J connectivity index is 1.91. The average molecular weight is 362 g/mol. The summed E-state index contributed by atoms with van der Waals surface area (Å²) in [6.45, 7) is 5.62. The van der Waals surface area contributed by atoms with E-state index in [2.05, 4.69) is 28.3 Å². The highest BCUT2D eigenvalue weighted by molar-refractivity contribution is 7.13. The van der Waals surface area contributed by atoms with Crippen LogP contribution < -0.4 is 10.6 Å². The smallest absolute Gasteiger partial charge is 0.358 e. The van der Waals surface area contributed by atoms with Crippen molar-refractivity contribution in [2.24, 2.45) is 0 Å². The zero-order valence-corrected chi connectivity index (χ0v) is 15.0. The number of nitrogens with zero attached hydrogens (tertiary/aromatic N) is 2. The molecule has 1 fully saturated rings. The minimum Gasteiger partial charge on any atom is -0.448 e. The molecule has 25 heavy (non-hydrogen) atoms. The molecule has 1 amide bonds. The third-order valence-corrected chi connectivity index (χ3v) is 4.85. The Kier molecular flexibility index (Phi) is 6.53. The molecule has 1 aromatic heterocycles. The second-order valence-corrected chi connectivity index (χ2v) is 6.86. The highest BCUT2D eigenvalue weighted by atomic mass is 32.1. The quantitative estimate of drug-likeness (QED) is 0.571. The summed E-state index contributed by atoms with van der Waals surface area (Å²) in [7, 11) is 0. The number of nitriles is 1. The van der Waals surface area contributed by atoms with Crippen molar-refractivity contribution in [3.63, 3.8) is 0 Å². The van der Waals surface area contributed by atoms with Gasteiger partial charge in [0.15, 0.2) is 16.9 Å². The van der Waals surface area contributed by atoms with Crippen molar-refractivity contribution in [2.75, 3.05) is 11.9 Å². The molecular formula is C17H22N4O3S. The molecule has 1 saturated carbocycles. The Hall–Kier alpha value is -2.40. The lowest BCUT2D eigenvalue weighted by molar-refractivity contribution is -0.130. The predicted molar refractivity (Wildman–Crippen MR) is 95.2 cm³/mol. The van der Waals surface area contributed by atoms with Crippen molar-refractivity contribution in [3.8, 4) is 6.07 Å². The molecule has 8 heteroatoms. The fraction of sp³-hybridized carbons (Fsp3) is 0.529. The Morgan fingerprint density at radius 2 is 2.24 bits per heavy atom. The van der Waals surface area contributed by atoms with Crippen molar-refractivity contribution in [3.05, 3.63) is 23.7 Å². The fourth-order valence-corrected chi connectivity index (χ4v) is 3.33. The first-order chi connectivity index (χ1) is 12.0. The van der Waals surface area contributed by atoms with Crippen LogP contribution in [-0.2, 0) is 9.53 Å². The number of hydrogen-bond donors (Lipinski definition) is 2. The second-order valence-electron chi connectivity index (χ2n) is 6.00. The van der Waals surface area contributed by atoms with Gasteiger partial charge >= 0.3 is 5.97 Å². The van der Waals surface area contributed by atoms with Gasteiger partial charge in [-0.3, -0.25) is 4.79 Å². The van der Waals surface area contributed by atoms with Crippen LogP contribution in [-0.4, -0.2) is 35.0 Å². The van der Waals surface area contributed by atoms with Crippen LogP contribution in [0.15, 0.2) is 18.0 Å². The third-order valence-electron chi connectivity index (χ3n) is 4.05. The molecule has 1 aliphatic rings. The van der Waals surface area contributed by atoms with Crippen molar-refractivity contribution in [2.45, 2.75) is 50.7 Å². The normalized spacial score (nSPS) is 17.0. The van der Waals surface area contributed by atoms with Crippen molar-refractivity contribution >= 4 is 28.3 Å². The number of aromatic nitrogens is 1. The largest absolute Gasteiger partial charge is 0.448 e. The summed E-state index contributed by atoms with van der Waals surface area (Å²) in [5, 5.41) is 17.3. The number of carbonyl (C=O) groups is 2. The molecule has 0 saturated heterocycles. The number of anilines is 1. The van der Waals surface area contributed by atoms with Crippen LogP contribution >= 0.6 is 11.3 Å². The lowest BCUT2D eigenvalue weighted by atomic mass is 9.83. The summed E-state index contributed by atoms with van der Waals surface area (Å²) in [4.78, 5) is 28.5. The molecule has 1 aliphatic carbocycles. The number of hydrogen-bond acceptors (Lipinski definition) is 7. The molecule has 7 nitrogen and oxygen atoms in total. The van der Waals surface area contributed by atoms with Crippen LogP contribution in [0.2, 0.25) is 0 Å². The topological polar surface area (TPSA) is 104 Å². The maximum atomic E-state index is 12.3. The molecule has 1 aromatic rings. The molecule has 2 N–H and O–H groups in total. The fourth-order valence-electron chi connectivity index (χ4n) is 2.64. The van der Waals surface area contributed by atoms with Gasteiger partial charge < -0.3 is 15.4 Å². The average Bonchev–Trinajstić information content (AvgIpc) is 3.09. The van der Waals surface area contributed by atoms with E-state index in [1.165, 1.54) is 18.3 Å². The summed E-state index contributed by atoms with van der Waals surface area (Å²) in [5.74, 6) is -1.13. The summed E-state index contributed by atoms with van der Waals surface area (Å²) in [6, 6.07) is 2.21. The van der Waals surface area contributed by atoms with Crippen LogP contribution in [0, 0.1) is 11.3 Å². The highest BCUT2D eigenvalue weighted by Crippen LogP contribution is 2.27. The lowest BCUT2D eigenvalue weighted by Crippen LogP contribution is -2.52. The summed E-state index contributed by atoms with van der Waals surface area (Å²) >= 11 is 1.27. The van der Waals surface area contributed by atoms with Gasteiger partial charge in [0.2, 0.25) is 0 Å². The molecule has 0 bridgehead atoms. The van der Waals surface area contributed by atoms with Gasteiger partial charge in [0.1, 0.15) is 5.54 Å². The Morgan fingerprint density at radius 1 is 1.52 bits per heavy atom. The highest BCUT2D eigenvalue weighted by Gasteiger charge is 2.35. The molecule has 0 unspecified atom stereocenters. The molecule has 134 valence electrons. The van der Waals surface area contributed by atoms with Gasteiger partial charge in [-0.1, -0.05) is 25.3 Å². The van der Waals surface area contributed by atoms with E-state index in [1.807, 2.05) is 0 Å². The molecule has 0 spiro atoms. The van der Waals surface area contributed by atoms with Gasteiger partial charge in [0.25, 0.3) is 5.91 Å². The zero-order valence-electron chi connectivity index (χ0n) is 14.2. The van der Waals surface area contributed by atoms with Gasteiger partial charge in [0, 0.05) is 11.9 Å². The van der Waals surface area contributed by atoms with E-state index in [-0.39, 0.29) is 5.69 Å². The van der Waals surface area contributed by atoms with Gasteiger partial charge in [-0.2, -0.15) is 5.26 Å². The third kappa shape index (κ3) is 5.03. The monoisotopic (exact) mass is 362 g/mol. The zero-order chi connectivity index (χ0) is 18.3. The Labute approximate surface area is 151 Å². The molecular weight excluding hydrogens is 340 g/mol. The van der Waals surface area contributed by atoms with Gasteiger partial charge in [-0.05, 0) is 19.8 Å².